The monoisotopic (exact) mass is 306 g/mol. The molecule has 0 aromatic heterocycles. The summed E-state index contributed by atoms with van der Waals surface area (Å²) in [6.45, 7) is 6.21. The zero-order chi connectivity index (χ0) is 15.6. The number of anilines is 2. The van der Waals surface area contributed by atoms with Crippen molar-refractivity contribution in [2.75, 3.05) is 24.5 Å². The lowest BCUT2D eigenvalue weighted by Crippen LogP contribution is -2.33. The number of nitrogens with zero attached hydrogens (tertiary/aromatic N) is 2. The third-order valence-corrected chi connectivity index (χ3v) is 5.57. The van der Waals surface area contributed by atoms with Crippen molar-refractivity contribution in [3.8, 4) is 0 Å². The summed E-state index contributed by atoms with van der Waals surface area (Å²) in [5.74, 6) is 0.592. The van der Waals surface area contributed by atoms with Crippen LogP contribution in [0.2, 0.25) is 0 Å². The molecule has 2 unspecified atom stereocenters. The third kappa shape index (κ3) is 2.76. The van der Waals surface area contributed by atoms with E-state index < -0.39 is 0 Å². The van der Waals surface area contributed by atoms with Gasteiger partial charge in [-0.25, -0.2) is 0 Å². The molecule has 1 saturated heterocycles. The molecule has 1 fully saturated rings. The highest BCUT2D eigenvalue weighted by atomic mass is 15.2. The average Bonchev–Trinajstić information content (AvgIpc) is 3.21. The Balaban J connectivity index is 1.63. The Kier molecular flexibility index (Phi) is 4.09. The molecule has 0 spiro atoms. The maximum atomic E-state index is 2.64. The summed E-state index contributed by atoms with van der Waals surface area (Å²) in [4.78, 5) is 5.22. The van der Waals surface area contributed by atoms with Gasteiger partial charge in [0.1, 0.15) is 0 Å². The highest BCUT2D eigenvalue weighted by molar-refractivity contribution is 5.72. The van der Waals surface area contributed by atoms with E-state index in [2.05, 4.69) is 71.3 Å². The lowest BCUT2D eigenvalue weighted by Gasteiger charge is -2.31. The Morgan fingerprint density at radius 3 is 2.39 bits per heavy atom. The molecule has 0 radical (unpaired) electrons. The van der Waals surface area contributed by atoms with Crippen LogP contribution in [-0.2, 0) is 0 Å². The molecule has 0 N–H and O–H groups in total. The summed E-state index contributed by atoms with van der Waals surface area (Å²) in [5.41, 5.74) is 4.23. The maximum Gasteiger partial charge on any atom is 0.0449 e. The second-order valence-corrected chi connectivity index (χ2v) is 6.96. The van der Waals surface area contributed by atoms with E-state index in [0.29, 0.717) is 12.0 Å². The molecule has 2 aromatic carbocycles. The van der Waals surface area contributed by atoms with Gasteiger partial charge in [0.2, 0.25) is 0 Å². The zero-order valence-corrected chi connectivity index (χ0v) is 14.0. The predicted molar refractivity (Wildman–Crippen MR) is 97.5 cm³/mol. The van der Waals surface area contributed by atoms with Crippen LogP contribution in [0.1, 0.15) is 37.7 Å². The van der Waals surface area contributed by atoms with Crippen LogP contribution in [0.4, 0.5) is 11.4 Å². The first kappa shape index (κ1) is 14.8. The van der Waals surface area contributed by atoms with Crippen molar-refractivity contribution in [2.45, 2.75) is 38.1 Å². The highest BCUT2D eigenvalue weighted by Gasteiger charge is 2.36. The molecular formula is C21H26N2. The Morgan fingerprint density at radius 2 is 1.61 bits per heavy atom. The zero-order valence-electron chi connectivity index (χ0n) is 14.0. The van der Waals surface area contributed by atoms with E-state index in [1.165, 1.54) is 55.8 Å². The fourth-order valence-electron chi connectivity index (χ4n) is 4.32. The van der Waals surface area contributed by atoms with Gasteiger partial charge in [-0.2, -0.15) is 0 Å². The van der Waals surface area contributed by atoms with Crippen LogP contribution in [0.15, 0.2) is 54.6 Å². The first-order valence-corrected chi connectivity index (χ1v) is 9.00. The van der Waals surface area contributed by atoms with Gasteiger partial charge in [-0.15, -0.1) is 0 Å². The second-order valence-electron chi connectivity index (χ2n) is 6.96. The van der Waals surface area contributed by atoms with Crippen LogP contribution < -0.4 is 4.90 Å². The molecule has 0 aliphatic carbocycles. The van der Waals surface area contributed by atoms with E-state index in [9.17, 15) is 0 Å². The molecule has 2 heterocycles. The maximum absolute atomic E-state index is 2.64. The Bertz CT molecular complexity index is 646. The van der Waals surface area contributed by atoms with E-state index in [-0.39, 0.29) is 0 Å². The molecule has 2 aliphatic rings. The molecule has 2 nitrogen and oxygen atoms in total. The van der Waals surface area contributed by atoms with Crippen molar-refractivity contribution in [1.82, 2.24) is 4.90 Å². The molecule has 2 aliphatic heterocycles. The molecule has 23 heavy (non-hydrogen) atoms. The van der Waals surface area contributed by atoms with Gasteiger partial charge in [-0.3, -0.25) is 0 Å². The molecule has 0 amide bonds. The predicted octanol–water partition coefficient (Wildman–Crippen LogP) is 4.80. The number of para-hydroxylation sites is 2. The van der Waals surface area contributed by atoms with Gasteiger partial charge < -0.3 is 9.80 Å². The Hall–Kier alpha value is -1.80. The first-order chi connectivity index (χ1) is 11.3. The van der Waals surface area contributed by atoms with E-state index in [1.807, 2.05) is 0 Å². The average molecular weight is 306 g/mol. The van der Waals surface area contributed by atoms with Crippen molar-refractivity contribution in [2.24, 2.45) is 0 Å². The quantitative estimate of drug-likeness (QED) is 0.801. The Morgan fingerprint density at radius 1 is 0.913 bits per heavy atom. The molecule has 120 valence electrons. The van der Waals surface area contributed by atoms with Crippen LogP contribution in [0.3, 0.4) is 0 Å². The van der Waals surface area contributed by atoms with Crippen molar-refractivity contribution in [1.29, 1.82) is 0 Å². The number of fused-ring (bicyclic) bond motifs is 1. The molecule has 2 aromatic rings. The number of likely N-dealkylation sites (tertiary alicyclic amines) is 1. The summed E-state index contributed by atoms with van der Waals surface area (Å²) in [6.07, 6.45) is 4.00. The first-order valence-electron chi connectivity index (χ1n) is 9.00. The molecule has 2 atom stereocenters. The van der Waals surface area contributed by atoms with Crippen molar-refractivity contribution in [3.63, 3.8) is 0 Å². The van der Waals surface area contributed by atoms with Crippen LogP contribution in [0.5, 0.6) is 0 Å². The summed E-state index contributed by atoms with van der Waals surface area (Å²) >= 11 is 0. The van der Waals surface area contributed by atoms with Crippen LogP contribution in [-0.4, -0.2) is 30.6 Å². The van der Waals surface area contributed by atoms with Crippen molar-refractivity contribution in [3.05, 3.63) is 60.2 Å². The van der Waals surface area contributed by atoms with Crippen molar-refractivity contribution < 1.29 is 0 Å². The third-order valence-electron chi connectivity index (χ3n) is 5.57. The van der Waals surface area contributed by atoms with Gasteiger partial charge in [0.25, 0.3) is 0 Å². The minimum absolute atomic E-state index is 0.565. The number of hydrogen-bond acceptors (Lipinski definition) is 2. The molecule has 0 bridgehead atoms. The highest BCUT2D eigenvalue weighted by Crippen LogP contribution is 2.46. The summed E-state index contributed by atoms with van der Waals surface area (Å²) in [5, 5.41) is 0. The van der Waals surface area contributed by atoms with E-state index in [1.54, 1.807) is 0 Å². The summed E-state index contributed by atoms with van der Waals surface area (Å²) in [6, 6.07) is 20.4. The van der Waals surface area contributed by atoms with E-state index >= 15 is 0 Å². The van der Waals surface area contributed by atoms with Crippen LogP contribution >= 0.6 is 0 Å². The normalized spacial score (nSPS) is 24.1. The summed E-state index contributed by atoms with van der Waals surface area (Å²) < 4.78 is 0. The minimum atomic E-state index is 0.565. The van der Waals surface area contributed by atoms with E-state index in [0.717, 1.165) is 0 Å². The van der Waals surface area contributed by atoms with Gasteiger partial charge in [0.05, 0.1) is 0 Å². The fraction of sp³-hybridized carbons (Fsp3) is 0.429. The van der Waals surface area contributed by atoms with E-state index in [4.69, 9.17) is 0 Å². The number of benzene rings is 2. The SMILES string of the molecule is CC1c2ccccc2N(c2ccccc2)C1CCN1CCCC1. The van der Waals surface area contributed by atoms with Crippen molar-refractivity contribution >= 4 is 11.4 Å². The van der Waals surface area contributed by atoms with Crippen LogP contribution in [0, 0.1) is 0 Å². The standard InChI is InChI=1S/C21H26N2/c1-17-19-11-5-6-12-21(19)23(18-9-3-2-4-10-18)20(17)13-16-22-14-7-8-15-22/h2-6,9-12,17,20H,7-8,13-16H2,1H3. The van der Waals surface area contributed by atoms with Gasteiger partial charge >= 0.3 is 0 Å². The van der Waals surface area contributed by atoms with Gasteiger partial charge in [0.15, 0.2) is 0 Å². The molecular weight excluding hydrogens is 280 g/mol. The lowest BCUT2D eigenvalue weighted by molar-refractivity contribution is 0.316. The second kappa shape index (κ2) is 6.37. The Labute approximate surface area is 139 Å². The largest absolute Gasteiger partial charge is 0.337 e. The smallest absolute Gasteiger partial charge is 0.0449 e. The van der Waals surface area contributed by atoms with Gasteiger partial charge in [0, 0.05) is 29.9 Å². The minimum Gasteiger partial charge on any atom is -0.337 e. The fourth-order valence-corrected chi connectivity index (χ4v) is 4.32. The molecule has 4 rings (SSSR count). The van der Waals surface area contributed by atoms with Gasteiger partial charge in [-0.05, 0) is 56.1 Å². The summed E-state index contributed by atoms with van der Waals surface area (Å²) in [7, 11) is 0. The topological polar surface area (TPSA) is 6.48 Å². The molecule has 0 saturated carbocycles. The lowest BCUT2D eigenvalue weighted by atomic mass is 9.95. The van der Waals surface area contributed by atoms with Crippen LogP contribution in [0.25, 0.3) is 0 Å². The number of hydrogen-bond donors (Lipinski definition) is 0. The van der Waals surface area contributed by atoms with Gasteiger partial charge in [-0.1, -0.05) is 43.3 Å². The number of rotatable bonds is 4. The molecule has 2 heteroatoms.